The maximum Gasteiger partial charge on any atom is 0.214 e. The molecule has 0 spiro atoms. The Hall–Kier alpha value is -1.73. The molecule has 2 aromatic heterocycles. The highest BCUT2D eigenvalue weighted by Crippen LogP contribution is 2.16. The second-order valence-corrected chi connectivity index (χ2v) is 5.05. The van der Waals surface area contributed by atoms with Crippen LogP contribution in [0.2, 0.25) is 0 Å². The number of hydrogen-bond donors (Lipinski definition) is 1. The van der Waals surface area contributed by atoms with E-state index in [0.717, 1.165) is 37.6 Å². The van der Waals surface area contributed by atoms with Gasteiger partial charge in [0.15, 0.2) is 5.82 Å². The third-order valence-corrected chi connectivity index (χ3v) is 3.60. The molecule has 1 fully saturated rings. The molecule has 0 amide bonds. The van der Waals surface area contributed by atoms with E-state index in [9.17, 15) is 0 Å². The molecule has 1 N–H and O–H groups in total. The number of H-pyrrole nitrogens is 1. The van der Waals surface area contributed by atoms with Gasteiger partial charge in [-0.1, -0.05) is 0 Å². The number of hydrogen-bond acceptors (Lipinski definition) is 5. The van der Waals surface area contributed by atoms with E-state index in [1.165, 1.54) is 0 Å². The Labute approximate surface area is 116 Å². The minimum absolute atomic E-state index is 0.628. The number of likely N-dealkylation sites (N-methyl/N-ethyl adjacent to an activating group) is 1. The van der Waals surface area contributed by atoms with Gasteiger partial charge < -0.3 is 9.91 Å². The molecule has 1 saturated heterocycles. The van der Waals surface area contributed by atoms with Crippen molar-refractivity contribution in [2.75, 3.05) is 38.2 Å². The van der Waals surface area contributed by atoms with Crippen LogP contribution in [0.15, 0.2) is 24.5 Å². The summed E-state index contributed by atoms with van der Waals surface area (Å²) in [5.41, 5.74) is 0.966. The van der Waals surface area contributed by atoms with E-state index < -0.39 is 0 Å². The van der Waals surface area contributed by atoms with E-state index in [2.05, 4.69) is 32.1 Å². The number of rotatable bonds is 2. The monoisotopic (exact) mass is 276 g/mol. The van der Waals surface area contributed by atoms with Crippen molar-refractivity contribution < 1.29 is 0 Å². The molecule has 0 unspecified atom stereocenters. The van der Waals surface area contributed by atoms with Gasteiger partial charge in [-0.25, -0.2) is 9.77 Å². The quantitative estimate of drug-likeness (QED) is 0.826. The molecule has 1 aliphatic heterocycles. The normalized spacial score (nSPS) is 16.8. The zero-order valence-electron chi connectivity index (χ0n) is 10.8. The van der Waals surface area contributed by atoms with Crippen LogP contribution in [-0.4, -0.2) is 58.0 Å². The standard InChI is InChI=1S/C12H16N6S/c1-16-5-7-17(8-6-16)18-11(14-15-12(18)19)10-3-2-4-13-9-10/h2-4,9H,5-8H2,1H3,(H,15,19). The Balaban J connectivity index is 1.98. The van der Waals surface area contributed by atoms with Crippen molar-refractivity contribution in [3.63, 3.8) is 0 Å². The molecule has 0 aliphatic carbocycles. The fourth-order valence-electron chi connectivity index (χ4n) is 2.23. The van der Waals surface area contributed by atoms with Crippen LogP contribution in [0.3, 0.4) is 0 Å². The van der Waals surface area contributed by atoms with Gasteiger partial charge in [-0.05, 0) is 31.4 Å². The molecule has 6 nitrogen and oxygen atoms in total. The molecule has 1 aliphatic rings. The van der Waals surface area contributed by atoms with Crippen LogP contribution in [0.5, 0.6) is 0 Å². The van der Waals surface area contributed by atoms with Crippen LogP contribution in [0.1, 0.15) is 0 Å². The Bertz CT molecular complexity index is 596. The average molecular weight is 276 g/mol. The first-order valence-electron chi connectivity index (χ1n) is 6.27. The van der Waals surface area contributed by atoms with Gasteiger partial charge in [0.05, 0.1) is 0 Å². The average Bonchev–Trinajstić information content (AvgIpc) is 2.83. The van der Waals surface area contributed by atoms with Crippen LogP contribution in [0.25, 0.3) is 11.4 Å². The van der Waals surface area contributed by atoms with E-state index in [-0.39, 0.29) is 0 Å². The minimum atomic E-state index is 0.628. The van der Waals surface area contributed by atoms with Crippen molar-refractivity contribution in [3.05, 3.63) is 29.3 Å². The lowest BCUT2D eigenvalue weighted by molar-refractivity contribution is 0.287. The fourth-order valence-corrected chi connectivity index (χ4v) is 2.48. The molecular weight excluding hydrogens is 260 g/mol. The van der Waals surface area contributed by atoms with E-state index in [4.69, 9.17) is 12.2 Å². The number of aromatic amines is 1. The number of piperazine rings is 1. The molecular formula is C12H16N6S. The van der Waals surface area contributed by atoms with Gasteiger partial charge in [0.2, 0.25) is 4.77 Å². The minimum Gasteiger partial charge on any atom is -0.306 e. The lowest BCUT2D eigenvalue weighted by Gasteiger charge is -2.34. The molecule has 0 aromatic carbocycles. The summed E-state index contributed by atoms with van der Waals surface area (Å²) >= 11 is 5.35. The smallest absolute Gasteiger partial charge is 0.214 e. The first-order chi connectivity index (χ1) is 9.25. The summed E-state index contributed by atoms with van der Waals surface area (Å²) in [7, 11) is 2.13. The SMILES string of the molecule is CN1CCN(n2c(-c3cccnc3)n[nH]c2=S)CC1. The van der Waals surface area contributed by atoms with Gasteiger partial charge >= 0.3 is 0 Å². The molecule has 100 valence electrons. The van der Waals surface area contributed by atoms with Crippen molar-refractivity contribution in [3.8, 4) is 11.4 Å². The maximum atomic E-state index is 5.35. The number of pyridine rings is 1. The Morgan fingerprint density at radius 2 is 2.05 bits per heavy atom. The predicted octanol–water partition coefficient (Wildman–Crippen LogP) is 0.886. The van der Waals surface area contributed by atoms with Crippen molar-refractivity contribution >= 4 is 12.2 Å². The summed E-state index contributed by atoms with van der Waals surface area (Å²) in [5, 5.41) is 9.44. The molecule has 19 heavy (non-hydrogen) atoms. The molecule has 2 aromatic rings. The topological polar surface area (TPSA) is 53.0 Å². The van der Waals surface area contributed by atoms with Gasteiger partial charge in [0.25, 0.3) is 0 Å². The Morgan fingerprint density at radius 1 is 1.26 bits per heavy atom. The largest absolute Gasteiger partial charge is 0.306 e. The van der Waals surface area contributed by atoms with Gasteiger partial charge in [0, 0.05) is 44.1 Å². The molecule has 0 atom stereocenters. The van der Waals surface area contributed by atoms with Gasteiger partial charge in [0.1, 0.15) is 0 Å². The van der Waals surface area contributed by atoms with Gasteiger partial charge in [-0.2, -0.15) is 5.10 Å². The number of aromatic nitrogens is 4. The lowest BCUT2D eigenvalue weighted by Crippen LogP contribution is -2.50. The summed E-state index contributed by atoms with van der Waals surface area (Å²) < 4.78 is 2.61. The van der Waals surface area contributed by atoms with Crippen LogP contribution in [0.4, 0.5) is 0 Å². The molecule has 0 bridgehead atoms. The zero-order valence-corrected chi connectivity index (χ0v) is 11.6. The summed E-state index contributed by atoms with van der Waals surface area (Å²) in [5.74, 6) is 0.822. The highest BCUT2D eigenvalue weighted by Gasteiger charge is 2.19. The summed E-state index contributed by atoms with van der Waals surface area (Å²) in [4.78, 5) is 6.45. The second-order valence-electron chi connectivity index (χ2n) is 4.66. The molecule has 3 rings (SSSR count). The van der Waals surface area contributed by atoms with E-state index >= 15 is 0 Å². The maximum absolute atomic E-state index is 5.35. The zero-order chi connectivity index (χ0) is 13.2. The third-order valence-electron chi connectivity index (χ3n) is 3.33. The third kappa shape index (κ3) is 2.39. The summed E-state index contributed by atoms with van der Waals surface area (Å²) in [6, 6.07) is 3.89. The predicted molar refractivity (Wildman–Crippen MR) is 76.1 cm³/mol. The molecule has 3 heterocycles. The molecule has 0 radical (unpaired) electrons. The lowest BCUT2D eigenvalue weighted by atomic mass is 10.3. The van der Waals surface area contributed by atoms with Crippen LogP contribution < -0.4 is 5.01 Å². The van der Waals surface area contributed by atoms with Crippen LogP contribution in [0, 0.1) is 4.77 Å². The fraction of sp³-hybridized carbons (Fsp3) is 0.417. The second kappa shape index (κ2) is 5.10. The first-order valence-corrected chi connectivity index (χ1v) is 6.68. The summed E-state index contributed by atoms with van der Waals surface area (Å²) in [6.45, 7) is 3.94. The summed E-state index contributed by atoms with van der Waals surface area (Å²) in [6.07, 6.45) is 3.56. The molecule has 7 heteroatoms. The van der Waals surface area contributed by atoms with Crippen molar-refractivity contribution in [2.24, 2.45) is 0 Å². The van der Waals surface area contributed by atoms with E-state index in [1.54, 1.807) is 12.4 Å². The van der Waals surface area contributed by atoms with Crippen molar-refractivity contribution in [2.45, 2.75) is 0 Å². The van der Waals surface area contributed by atoms with Crippen LogP contribution in [-0.2, 0) is 0 Å². The highest BCUT2D eigenvalue weighted by molar-refractivity contribution is 7.71. The van der Waals surface area contributed by atoms with Crippen LogP contribution >= 0.6 is 12.2 Å². The van der Waals surface area contributed by atoms with Gasteiger partial charge in [-0.3, -0.25) is 4.98 Å². The van der Waals surface area contributed by atoms with Crippen molar-refractivity contribution in [1.29, 1.82) is 0 Å². The van der Waals surface area contributed by atoms with Gasteiger partial charge in [-0.15, -0.1) is 0 Å². The van der Waals surface area contributed by atoms with Crippen molar-refractivity contribution in [1.82, 2.24) is 24.8 Å². The Morgan fingerprint density at radius 3 is 2.74 bits per heavy atom. The number of nitrogens with one attached hydrogen (secondary N) is 1. The molecule has 0 saturated carbocycles. The number of nitrogens with zero attached hydrogens (tertiary/aromatic N) is 5. The highest BCUT2D eigenvalue weighted by atomic mass is 32.1. The first kappa shape index (κ1) is 12.3. The van der Waals surface area contributed by atoms with E-state index in [1.807, 2.05) is 16.8 Å². The Kier molecular flexibility index (Phi) is 3.31. The van der Waals surface area contributed by atoms with E-state index in [0.29, 0.717) is 4.77 Å².